The molecule has 2 aromatic carbocycles. The van der Waals surface area contributed by atoms with Crippen LogP contribution in [-0.2, 0) is 4.79 Å². The lowest BCUT2D eigenvalue weighted by Crippen LogP contribution is -2.43. The molecule has 124 valence electrons. The average molecular weight is 350 g/mol. The Morgan fingerprint density at radius 3 is 2.38 bits per heavy atom. The molecule has 24 heavy (non-hydrogen) atoms. The Bertz CT molecular complexity index is 764. The van der Waals surface area contributed by atoms with E-state index in [4.69, 9.17) is 16.3 Å². The van der Waals surface area contributed by atoms with E-state index >= 15 is 0 Å². The molecule has 0 fully saturated rings. The Morgan fingerprint density at radius 2 is 1.75 bits per heavy atom. The summed E-state index contributed by atoms with van der Waals surface area (Å²) >= 11 is 5.86. The summed E-state index contributed by atoms with van der Waals surface area (Å²) in [6.45, 7) is -0.374. The summed E-state index contributed by atoms with van der Waals surface area (Å²) in [7, 11) is 0. The van der Waals surface area contributed by atoms with Crippen molar-refractivity contribution in [3.63, 3.8) is 0 Å². The lowest BCUT2D eigenvalue weighted by Gasteiger charge is -2.09. The van der Waals surface area contributed by atoms with Gasteiger partial charge in [-0.2, -0.15) is 0 Å². The van der Waals surface area contributed by atoms with Gasteiger partial charge in [0.15, 0.2) is 6.61 Å². The van der Waals surface area contributed by atoms with Crippen LogP contribution in [0.4, 0.5) is 5.69 Å². The van der Waals surface area contributed by atoms with Crippen LogP contribution < -0.4 is 15.6 Å². The molecule has 8 nitrogen and oxygen atoms in total. The van der Waals surface area contributed by atoms with Crippen LogP contribution in [0.15, 0.2) is 48.5 Å². The number of non-ortho nitro benzene ring substituents is 1. The van der Waals surface area contributed by atoms with E-state index in [-0.39, 0.29) is 28.6 Å². The van der Waals surface area contributed by atoms with Gasteiger partial charge in [0.05, 0.1) is 15.5 Å². The van der Waals surface area contributed by atoms with Gasteiger partial charge in [0.25, 0.3) is 17.5 Å². The molecule has 0 bridgehead atoms. The second-order valence-electron chi connectivity index (χ2n) is 4.52. The number of benzene rings is 2. The molecule has 0 saturated heterocycles. The first-order valence-electron chi connectivity index (χ1n) is 6.68. The van der Waals surface area contributed by atoms with Crippen molar-refractivity contribution in [1.29, 1.82) is 0 Å². The van der Waals surface area contributed by atoms with Crippen molar-refractivity contribution < 1.29 is 19.2 Å². The quantitative estimate of drug-likeness (QED) is 0.634. The zero-order valence-electron chi connectivity index (χ0n) is 12.2. The van der Waals surface area contributed by atoms with Crippen molar-refractivity contribution in [1.82, 2.24) is 10.9 Å². The Morgan fingerprint density at radius 1 is 1.08 bits per heavy atom. The van der Waals surface area contributed by atoms with E-state index in [1.807, 2.05) is 0 Å². The lowest BCUT2D eigenvalue weighted by molar-refractivity contribution is -0.384. The van der Waals surface area contributed by atoms with E-state index in [2.05, 4.69) is 10.9 Å². The van der Waals surface area contributed by atoms with Crippen molar-refractivity contribution in [2.45, 2.75) is 0 Å². The van der Waals surface area contributed by atoms with Gasteiger partial charge in [-0.3, -0.25) is 30.6 Å². The third-order valence-electron chi connectivity index (χ3n) is 2.85. The van der Waals surface area contributed by atoms with Crippen LogP contribution in [0.2, 0.25) is 5.02 Å². The number of nitrogens with zero attached hydrogens (tertiary/aromatic N) is 1. The summed E-state index contributed by atoms with van der Waals surface area (Å²) in [4.78, 5) is 33.4. The van der Waals surface area contributed by atoms with Crippen molar-refractivity contribution in [2.75, 3.05) is 6.61 Å². The van der Waals surface area contributed by atoms with E-state index < -0.39 is 16.7 Å². The Hall–Kier alpha value is -3.13. The SMILES string of the molecule is O=C(COc1ccc([N+](=O)[O-])cc1)NNC(=O)c1ccccc1Cl. The maximum absolute atomic E-state index is 11.8. The molecule has 0 atom stereocenters. The van der Waals surface area contributed by atoms with Crippen molar-refractivity contribution in [3.8, 4) is 5.75 Å². The molecule has 0 aliphatic heterocycles. The predicted molar refractivity (Wildman–Crippen MR) is 85.7 cm³/mol. The molecule has 0 spiro atoms. The second-order valence-corrected chi connectivity index (χ2v) is 4.93. The monoisotopic (exact) mass is 349 g/mol. The number of carbonyl (C=O) groups is 2. The maximum atomic E-state index is 11.8. The summed E-state index contributed by atoms with van der Waals surface area (Å²) in [5, 5.41) is 10.8. The first-order valence-corrected chi connectivity index (χ1v) is 7.06. The summed E-state index contributed by atoms with van der Waals surface area (Å²) in [5.74, 6) is -0.883. The van der Waals surface area contributed by atoms with Crippen LogP contribution in [0, 0.1) is 10.1 Å². The van der Waals surface area contributed by atoms with Gasteiger partial charge in [0.1, 0.15) is 5.75 Å². The Balaban J connectivity index is 1.80. The van der Waals surface area contributed by atoms with Gasteiger partial charge in [0.2, 0.25) is 0 Å². The van der Waals surface area contributed by atoms with Gasteiger partial charge in [-0.15, -0.1) is 0 Å². The van der Waals surface area contributed by atoms with Gasteiger partial charge in [-0.05, 0) is 24.3 Å². The fraction of sp³-hybridized carbons (Fsp3) is 0.0667. The minimum atomic E-state index is -0.603. The van der Waals surface area contributed by atoms with Crippen molar-refractivity contribution in [2.24, 2.45) is 0 Å². The summed E-state index contributed by atoms with van der Waals surface area (Å²) < 4.78 is 5.15. The van der Waals surface area contributed by atoms with Crippen LogP contribution in [-0.4, -0.2) is 23.3 Å². The molecule has 0 unspecified atom stereocenters. The standard InChI is InChI=1S/C15H12ClN3O5/c16-13-4-2-1-3-12(13)15(21)18-17-14(20)9-24-11-7-5-10(6-8-11)19(22)23/h1-8H,9H2,(H,17,20)(H,18,21). The zero-order chi connectivity index (χ0) is 17.5. The third-order valence-corrected chi connectivity index (χ3v) is 3.18. The molecule has 0 radical (unpaired) electrons. The first-order chi connectivity index (χ1) is 11.5. The maximum Gasteiger partial charge on any atom is 0.276 e. The van der Waals surface area contributed by atoms with Gasteiger partial charge < -0.3 is 4.74 Å². The van der Waals surface area contributed by atoms with Crippen molar-refractivity contribution in [3.05, 3.63) is 69.2 Å². The minimum absolute atomic E-state index is 0.0844. The summed E-state index contributed by atoms with van der Waals surface area (Å²) in [6, 6.07) is 11.6. The smallest absolute Gasteiger partial charge is 0.276 e. The van der Waals surface area contributed by atoms with Crippen LogP contribution in [0.1, 0.15) is 10.4 Å². The first kappa shape index (κ1) is 17.2. The van der Waals surface area contributed by atoms with Crippen LogP contribution in [0.3, 0.4) is 0 Å². The van der Waals surface area contributed by atoms with Gasteiger partial charge in [0, 0.05) is 12.1 Å². The molecule has 0 heterocycles. The van der Waals surface area contributed by atoms with Gasteiger partial charge in [-0.25, -0.2) is 0 Å². The van der Waals surface area contributed by atoms with Crippen LogP contribution in [0.5, 0.6) is 5.75 Å². The van der Waals surface area contributed by atoms with Crippen LogP contribution in [0.25, 0.3) is 0 Å². The summed E-state index contributed by atoms with van der Waals surface area (Å²) in [5.41, 5.74) is 4.52. The van der Waals surface area contributed by atoms with Crippen LogP contribution >= 0.6 is 11.6 Å². The van der Waals surface area contributed by atoms with E-state index in [0.29, 0.717) is 0 Å². The zero-order valence-corrected chi connectivity index (χ0v) is 12.9. The van der Waals surface area contributed by atoms with E-state index in [0.717, 1.165) is 0 Å². The number of rotatable bonds is 5. The number of hydrazine groups is 1. The fourth-order valence-electron chi connectivity index (χ4n) is 1.69. The molecule has 0 aliphatic carbocycles. The molecule has 2 rings (SSSR count). The molecule has 0 aliphatic rings. The van der Waals surface area contributed by atoms with E-state index in [1.54, 1.807) is 18.2 Å². The topological polar surface area (TPSA) is 111 Å². The molecule has 0 aromatic heterocycles. The number of nitrogens with one attached hydrogen (secondary N) is 2. The highest BCUT2D eigenvalue weighted by Crippen LogP contribution is 2.17. The van der Waals surface area contributed by atoms with Gasteiger partial charge >= 0.3 is 0 Å². The molecule has 2 N–H and O–H groups in total. The number of amides is 2. The number of nitro groups is 1. The minimum Gasteiger partial charge on any atom is -0.484 e. The number of carbonyl (C=O) groups excluding carboxylic acids is 2. The predicted octanol–water partition coefficient (Wildman–Crippen LogP) is 2.09. The number of hydrogen-bond donors (Lipinski definition) is 2. The Kier molecular flexibility index (Phi) is 5.69. The normalized spacial score (nSPS) is 9.88. The van der Waals surface area contributed by atoms with Crippen molar-refractivity contribution >= 4 is 29.1 Å². The van der Waals surface area contributed by atoms with E-state index in [1.165, 1.54) is 30.3 Å². The molecule has 9 heteroatoms. The highest BCUT2D eigenvalue weighted by atomic mass is 35.5. The molecular weight excluding hydrogens is 338 g/mol. The molecule has 0 saturated carbocycles. The number of halogens is 1. The second kappa shape index (κ2) is 7.93. The lowest BCUT2D eigenvalue weighted by atomic mass is 10.2. The number of hydrogen-bond acceptors (Lipinski definition) is 5. The highest BCUT2D eigenvalue weighted by molar-refractivity contribution is 6.33. The number of nitro benzene ring substituents is 1. The van der Waals surface area contributed by atoms with Gasteiger partial charge in [-0.1, -0.05) is 23.7 Å². The fourth-order valence-corrected chi connectivity index (χ4v) is 1.91. The molecular formula is C15H12ClN3O5. The molecule has 2 amide bonds. The largest absolute Gasteiger partial charge is 0.484 e. The Labute approximate surface area is 141 Å². The number of ether oxygens (including phenoxy) is 1. The highest BCUT2D eigenvalue weighted by Gasteiger charge is 2.11. The molecule has 2 aromatic rings. The third kappa shape index (κ3) is 4.68. The summed E-state index contributed by atoms with van der Waals surface area (Å²) in [6.07, 6.45) is 0. The average Bonchev–Trinajstić information content (AvgIpc) is 2.58. The van der Waals surface area contributed by atoms with E-state index in [9.17, 15) is 19.7 Å².